The lowest BCUT2D eigenvalue weighted by atomic mass is 10.0. The molecule has 0 rings (SSSR count). The number of hydrogen-bond donors (Lipinski definition) is 0. The Morgan fingerprint density at radius 3 is 1.30 bits per heavy atom. The van der Waals surface area contributed by atoms with Gasteiger partial charge in [-0.15, -0.1) is 5.16 Å². The van der Waals surface area contributed by atoms with Gasteiger partial charge in [-0.3, -0.25) is 0 Å². The van der Waals surface area contributed by atoms with Gasteiger partial charge in [0.2, 0.25) is 0 Å². The van der Waals surface area contributed by atoms with Gasteiger partial charge in [0, 0.05) is 0 Å². The number of rotatable bonds is 17. The largest absolute Gasteiger partial charge is 0.456 e. The molecular formula is C24H61NO6Si6. The van der Waals surface area contributed by atoms with Crippen molar-refractivity contribution >= 4 is 55.6 Å². The first-order valence-electron chi connectivity index (χ1n) is 13.6. The Balaban J connectivity index is 6.94. The van der Waals surface area contributed by atoms with Crippen LogP contribution in [0.1, 0.15) is 0 Å². The Labute approximate surface area is 236 Å². The second kappa shape index (κ2) is 14.0. The lowest BCUT2D eigenvalue weighted by Crippen LogP contribution is -2.58. The van der Waals surface area contributed by atoms with Crippen molar-refractivity contribution in [1.82, 2.24) is 0 Å². The summed E-state index contributed by atoms with van der Waals surface area (Å²) in [4.78, 5) is 0. The highest BCUT2D eigenvalue weighted by Gasteiger charge is 2.43. The van der Waals surface area contributed by atoms with Crippen molar-refractivity contribution in [3.05, 3.63) is 0 Å². The fourth-order valence-corrected chi connectivity index (χ4v) is 7.95. The van der Waals surface area contributed by atoms with E-state index < -0.39 is 56.0 Å². The molecule has 0 amide bonds. The highest BCUT2D eigenvalue weighted by Crippen LogP contribution is 2.26. The summed E-state index contributed by atoms with van der Waals surface area (Å²) in [6, 6.07) is 0. The number of nitrogens with zero attached hydrogens (tertiary/aromatic N) is 1. The highest BCUT2D eigenvalue weighted by atomic mass is 28.4. The van der Waals surface area contributed by atoms with Gasteiger partial charge in [-0.25, -0.2) is 0 Å². The van der Waals surface area contributed by atoms with Crippen molar-refractivity contribution in [2.45, 2.75) is 136 Å². The molecule has 0 spiro atoms. The minimum Gasteiger partial charge on any atom is -0.456 e. The fraction of sp³-hybridized carbons (Fsp3) is 0.958. The van der Waals surface area contributed by atoms with Gasteiger partial charge in [-0.1, -0.05) is 0 Å². The van der Waals surface area contributed by atoms with E-state index in [9.17, 15) is 0 Å². The van der Waals surface area contributed by atoms with E-state index in [2.05, 4.69) is 118 Å². The van der Waals surface area contributed by atoms with Gasteiger partial charge in [0.1, 0.15) is 17.9 Å². The molecule has 0 aromatic rings. The molecule has 37 heavy (non-hydrogen) atoms. The third kappa shape index (κ3) is 21.0. The summed E-state index contributed by atoms with van der Waals surface area (Å²) in [6.07, 6.45) is -1.11. The molecule has 0 radical (unpaired) electrons. The molecule has 0 saturated heterocycles. The molecule has 0 bridgehead atoms. The van der Waals surface area contributed by atoms with Gasteiger partial charge in [-0.2, -0.15) is 0 Å². The van der Waals surface area contributed by atoms with E-state index in [-0.39, 0.29) is 12.2 Å². The van der Waals surface area contributed by atoms with E-state index in [0.29, 0.717) is 13.2 Å². The molecule has 0 aliphatic rings. The average Bonchev–Trinajstić information content (AvgIpc) is 2.57. The van der Waals surface area contributed by atoms with Crippen LogP contribution in [0.2, 0.25) is 118 Å². The van der Waals surface area contributed by atoms with E-state index in [0.717, 1.165) is 5.71 Å². The Morgan fingerprint density at radius 1 is 0.514 bits per heavy atom. The summed E-state index contributed by atoms with van der Waals surface area (Å²) in [5.41, 5.74) is 0.757. The zero-order valence-corrected chi connectivity index (χ0v) is 33.5. The van der Waals surface area contributed by atoms with Crippen LogP contribution in [0.5, 0.6) is 0 Å². The Bertz CT molecular complexity index is 712. The average molecular weight is 628 g/mol. The first kappa shape index (κ1) is 37.6. The van der Waals surface area contributed by atoms with Crippen molar-refractivity contribution in [2.24, 2.45) is 5.16 Å². The van der Waals surface area contributed by atoms with Crippen LogP contribution >= 0.6 is 0 Å². The van der Waals surface area contributed by atoms with Crippen molar-refractivity contribution < 1.29 is 26.7 Å². The van der Waals surface area contributed by atoms with Crippen LogP contribution in [0, 0.1) is 0 Å². The molecular weight excluding hydrogens is 567 g/mol. The maximum absolute atomic E-state index is 6.96. The predicted octanol–water partition coefficient (Wildman–Crippen LogP) is 7.56. The molecule has 0 aromatic heterocycles. The molecule has 13 heteroatoms. The van der Waals surface area contributed by atoms with E-state index in [1.807, 2.05) is 0 Å². The highest BCUT2D eigenvalue weighted by molar-refractivity contribution is 6.72. The third-order valence-corrected chi connectivity index (χ3v) is 9.87. The first-order valence-corrected chi connectivity index (χ1v) is 34.1. The summed E-state index contributed by atoms with van der Waals surface area (Å²) in [5.74, 6) is 0. The monoisotopic (exact) mass is 627 g/mol. The molecule has 7 nitrogen and oxygen atoms in total. The molecule has 0 aromatic carbocycles. The maximum Gasteiger partial charge on any atom is 0.278 e. The number of hydrogen-bond acceptors (Lipinski definition) is 7. The van der Waals surface area contributed by atoms with Gasteiger partial charge in [0.15, 0.2) is 41.6 Å². The molecule has 0 saturated carbocycles. The summed E-state index contributed by atoms with van der Waals surface area (Å²) < 4.78 is 39.7. The van der Waals surface area contributed by atoms with Gasteiger partial charge < -0.3 is 26.7 Å². The van der Waals surface area contributed by atoms with Crippen LogP contribution in [0.25, 0.3) is 0 Å². The van der Waals surface area contributed by atoms with Crippen LogP contribution in [-0.2, 0) is 26.7 Å². The van der Waals surface area contributed by atoms with Gasteiger partial charge >= 0.3 is 0 Å². The van der Waals surface area contributed by atoms with Crippen LogP contribution < -0.4 is 0 Å². The Kier molecular flexibility index (Phi) is 14.2. The molecule has 0 unspecified atom stereocenters. The van der Waals surface area contributed by atoms with Gasteiger partial charge in [-0.05, 0) is 118 Å². The molecule has 0 fully saturated rings. The molecule has 222 valence electrons. The lowest BCUT2D eigenvalue weighted by molar-refractivity contribution is -0.0303. The molecule has 0 heterocycles. The van der Waals surface area contributed by atoms with Gasteiger partial charge in [0.05, 0.1) is 19.3 Å². The standard InChI is InChI=1S/C24H61NO6Si6/c1-32(2,3)26-19-21(25-31-37(16,17)18)23(29-35(10,11)12)24(30-36(13,14)15)22(28-34(7,8)9)20-27-33(4,5)6/h22-24H,19-20H2,1-18H3/t22-,23-,24-/m0/s1. The fourth-order valence-electron chi connectivity index (χ4n) is 3.08. The Morgan fingerprint density at radius 2 is 0.946 bits per heavy atom. The smallest absolute Gasteiger partial charge is 0.278 e. The minimum absolute atomic E-state index is 0.282. The minimum atomic E-state index is -2.05. The SMILES string of the molecule is C[Si](C)(C)OCC(=NO[Si](C)(C)C)[C@H](O[Si](C)(C)C)[C@@H](O[Si](C)(C)C)[C@H](CO[Si](C)(C)C)O[Si](C)(C)C. The van der Waals surface area contributed by atoms with Crippen LogP contribution in [-0.4, -0.2) is 87.1 Å². The topological polar surface area (TPSA) is 67.7 Å². The molecule has 0 aliphatic carbocycles. The van der Waals surface area contributed by atoms with Crippen molar-refractivity contribution in [1.29, 1.82) is 0 Å². The normalized spacial score (nSPS) is 17.5. The van der Waals surface area contributed by atoms with Crippen molar-refractivity contribution in [3.63, 3.8) is 0 Å². The second-order valence-corrected chi connectivity index (χ2v) is 42.5. The Hall–Kier alpha value is 0.571. The zero-order chi connectivity index (χ0) is 29.7. The number of oxime groups is 1. The van der Waals surface area contributed by atoms with E-state index in [1.165, 1.54) is 0 Å². The second-order valence-electron chi connectivity index (χ2n) is 15.7. The molecule has 0 aliphatic heterocycles. The summed E-state index contributed by atoms with van der Waals surface area (Å²) in [5, 5.41) is 4.75. The predicted molar refractivity (Wildman–Crippen MR) is 175 cm³/mol. The molecule has 3 atom stereocenters. The van der Waals surface area contributed by atoms with Crippen molar-refractivity contribution in [2.75, 3.05) is 13.2 Å². The van der Waals surface area contributed by atoms with E-state index in [1.54, 1.807) is 0 Å². The van der Waals surface area contributed by atoms with Gasteiger partial charge in [0.25, 0.3) is 8.32 Å². The maximum atomic E-state index is 6.96. The van der Waals surface area contributed by atoms with E-state index >= 15 is 0 Å². The quantitative estimate of drug-likeness (QED) is 0.0942. The summed E-state index contributed by atoms with van der Waals surface area (Å²) in [7, 11) is -11.6. The van der Waals surface area contributed by atoms with Crippen LogP contribution in [0.4, 0.5) is 0 Å². The third-order valence-electron chi connectivity index (χ3n) is 4.24. The first-order chi connectivity index (χ1) is 16.1. The summed E-state index contributed by atoms with van der Waals surface area (Å²) in [6.45, 7) is 40.3. The van der Waals surface area contributed by atoms with Crippen molar-refractivity contribution in [3.8, 4) is 0 Å². The van der Waals surface area contributed by atoms with Crippen LogP contribution in [0.3, 0.4) is 0 Å². The summed E-state index contributed by atoms with van der Waals surface area (Å²) >= 11 is 0. The lowest BCUT2D eigenvalue weighted by Gasteiger charge is -2.42. The van der Waals surface area contributed by atoms with E-state index in [4.69, 9.17) is 31.8 Å². The van der Waals surface area contributed by atoms with Crippen LogP contribution in [0.15, 0.2) is 5.16 Å². The zero-order valence-electron chi connectivity index (χ0n) is 27.5. The molecule has 0 N–H and O–H groups in total.